The molecule has 0 amide bonds. The van der Waals surface area contributed by atoms with E-state index in [4.69, 9.17) is 0 Å². The first-order chi connectivity index (χ1) is 7.89. The molecule has 0 radical (unpaired) electrons. The Morgan fingerprint density at radius 2 is 1.76 bits per heavy atom. The molecule has 1 N–H and O–H groups in total. The van der Waals surface area contributed by atoms with E-state index in [9.17, 15) is 13.2 Å². The van der Waals surface area contributed by atoms with Gasteiger partial charge >= 0.3 is 0 Å². The van der Waals surface area contributed by atoms with Crippen molar-refractivity contribution in [2.75, 3.05) is 13.6 Å². The van der Waals surface area contributed by atoms with Crippen LogP contribution in [0, 0.1) is 0 Å². The quantitative estimate of drug-likeness (QED) is 0.805. The summed E-state index contributed by atoms with van der Waals surface area (Å²) < 4.78 is 23.7. The van der Waals surface area contributed by atoms with Crippen LogP contribution in [-0.2, 0) is 9.84 Å². The van der Waals surface area contributed by atoms with Gasteiger partial charge in [0.15, 0.2) is 15.6 Å². The topological polar surface area (TPSA) is 63.2 Å². The fourth-order valence-corrected chi connectivity index (χ4v) is 2.43. The van der Waals surface area contributed by atoms with E-state index in [0.717, 1.165) is 0 Å². The van der Waals surface area contributed by atoms with Crippen molar-refractivity contribution in [3.8, 4) is 0 Å². The zero-order valence-electron chi connectivity index (χ0n) is 10.2. The van der Waals surface area contributed by atoms with Crippen molar-refractivity contribution < 1.29 is 13.2 Å². The van der Waals surface area contributed by atoms with Gasteiger partial charge in [0.2, 0.25) is 0 Å². The second kappa shape index (κ2) is 5.42. The van der Waals surface area contributed by atoms with Gasteiger partial charge in [-0.05, 0) is 33.0 Å². The van der Waals surface area contributed by atoms with Crippen LogP contribution in [0.25, 0.3) is 0 Å². The summed E-state index contributed by atoms with van der Waals surface area (Å²) in [5.41, 5.74) is 0.516. The van der Waals surface area contributed by atoms with E-state index in [1.165, 1.54) is 12.1 Å². The van der Waals surface area contributed by atoms with Crippen molar-refractivity contribution in [2.24, 2.45) is 0 Å². The third-order valence-corrected chi connectivity index (χ3v) is 4.63. The van der Waals surface area contributed by atoms with Crippen molar-refractivity contribution in [2.45, 2.75) is 24.0 Å². The molecule has 0 aliphatic carbocycles. The van der Waals surface area contributed by atoms with E-state index in [0.29, 0.717) is 5.56 Å². The molecule has 1 rings (SSSR count). The summed E-state index contributed by atoms with van der Waals surface area (Å²) >= 11 is 0. The molecule has 0 saturated carbocycles. The highest BCUT2D eigenvalue weighted by molar-refractivity contribution is 7.92. The molecule has 0 unspecified atom stereocenters. The fraction of sp³-hybridized carbons (Fsp3) is 0.417. The van der Waals surface area contributed by atoms with Crippen LogP contribution in [0.3, 0.4) is 0 Å². The highest BCUT2D eigenvalue weighted by Gasteiger charge is 2.19. The summed E-state index contributed by atoms with van der Waals surface area (Å²) in [7, 11) is -1.57. The summed E-state index contributed by atoms with van der Waals surface area (Å²) in [4.78, 5) is 11.8. The molecule has 17 heavy (non-hydrogen) atoms. The Labute approximate surface area is 102 Å². The zero-order valence-corrected chi connectivity index (χ0v) is 11.0. The lowest BCUT2D eigenvalue weighted by Crippen LogP contribution is -2.19. The number of carbonyl (C=O) groups excluding carboxylic acids is 1. The molecule has 0 heterocycles. The van der Waals surface area contributed by atoms with Gasteiger partial charge in [0, 0.05) is 5.56 Å². The lowest BCUT2D eigenvalue weighted by molar-refractivity contribution is 0.0993. The lowest BCUT2D eigenvalue weighted by Gasteiger charge is -2.08. The van der Waals surface area contributed by atoms with Crippen LogP contribution in [0.4, 0.5) is 0 Å². The van der Waals surface area contributed by atoms with Crippen molar-refractivity contribution in [3.63, 3.8) is 0 Å². The number of ketones is 1. The molecule has 0 aliphatic heterocycles. The maximum atomic E-state index is 11.8. The minimum Gasteiger partial charge on any atom is -0.313 e. The number of hydrogen-bond acceptors (Lipinski definition) is 4. The minimum absolute atomic E-state index is 0.0546. The van der Waals surface area contributed by atoms with Crippen molar-refractivity contribution in [3.05, 3.63) is 29.8 Å². The predicted molar refractivity (Wildman–Crippen MR) is 67.0 cm³/mol. The Balaban J connectivity index is 3.01. The van der Waals surface area contributed by atoms with Gasteiger partial charge in [-0.25, -0.2) is 8.42 Å². The van der Waals surface area contributed by atoms with E-state index in [-0.39, 0.29) is 17.2 Å². The molecule has 0 aromatic heterocycles. The molecule has 0 bridgehead atoms. The molecule has 4 nitrogen and oxygen atoms in total. The van der Waals surface area contributed by atoms with E-state index in [2.05, 4.69) is 5.32 Å². The standard InChI is InChI=1S/C12H17NO3S/c1-9(2)17(15,16)11-6-4-10(5-7-11)12(14)8-13-3/h4-7,9,13H,8H2,1-3H3. The monoisotopic (exact) mass is 255 g/mol. The molecule has 0 fully saturated rings. The van der Waals surface area contributed by atoms with Crippen LogP contribution in [-0.4, -0.2) is 33.0 Å². The second-order valence-corrected chi connectivity index (χ2v) is 6.58. The van der Waals surface area contributed by atoms with Crippen LogP contribution < -0.4 is 5.32 Å². The van der Waals surface area contributed by atoms with Crippen LogP contribution in [0.2, 0.25) is 0 Å². The highest BCUT2D eigenvalue weighted by atomic mass is 32.2. The van der Waals surface area contributed by atoms with Gasteiger partial charge in [-0.3, -0.25) is 4.79 Å². The summed E-state index contributed by atoms with van der Waals surface area (Å²) in [6.07, 6.45) is 0. The average molecular weight is 255 g/mol. The normalized spacial score (nSPS) is 11.8. The SMILES string of the molecule is CNCC(=O)c1ccc(S(=O)(=O)C(C)C)cc1. The maximum Gasteiger partial charge on any atom is 0.180 e. The van der Waals surface area contributed by atoms with Crippen molar-refractivity contribution >= 4 is 15.6 Å². The van der Waals surface area contributed by atoms with Gasteiger partial charge in [0.25, 0.3) is 0 Å². The first kappa shape index (κ1) is 13.9. The van der Waals surface area contributed by atoms with Gasteiger partial charge < -0.3 is 5.32 Å². The molecule has 94 valence electrons. The molecular weight excluding hydrogens is 238 g/mol. The number of benzene rings is 1. The summed E-state index contributed by atoms with van der Waals surface area (Å²) in [5.74, 6) is -0.0546. The fourth-order valence-electron chi connectivity index (χ4n) is 1.37. The molecule has 1 aromatic rings. The number of nitrogens with one attached hydrogen (secondary N) is 1. The first-order valence-electron chi connectivity index (χ1n) is 5.41. The molecule has 1 aromatic carbocycles. The number of likely N-dealkylation sites (N-methyl/N-ethyl adjacent to an activating group) is 1. The van der Waals surface area contributed by atoms with E-state index in [1.807, 2.05) is 0 Å². The largest absolute Gasteiger partial charge is 0.313 e. The number of carbonyl (C=O) groups is 1. The predicted octanol–water partition coefficient (Wildman–Crippen LogP) is 1.27. The van der Waals surface area contributed by atoms with Crippen LogP contribution >= 0.6 is 0 Å². The summed E-state index contributed by atoms with van der Waals surface area (Å²) in [6.45, 7) is 3.51. The number of Topliss-reactive ketones (excluding diaryl/α,β-unsaturated/α-hetero) is 1. The first-order valence-corrected chi connectivity index (χ1v) is 6.96. The smallest absolute Gasteiger partial charge is 0.180 e. The summed E-state index contributed by atoms with van der Waals surface area (Å²) in [5, 5.41) is 2.30. The van der Waals surface area contributed by atoms with E-state index < -0.39 is 15.1 Å². The molecule has 0 aliphatic rings. The lowest BCUT2D eigenvalue weighted by atomic mass is 10.1. The van der Waals surface area contributed by atoms with Gasteiger partial charge in [0.05, 0.1) is 16.7 Å². The van der Waals surface area contributed by atoms with Gasteiger partial charge in [-0.15, -0.1) is 0 Å². The number of hydrogen-bond donors (Lipinski definition) is 1. The van der Waals surface area contributed by atoms with E-state index >= 15 is 0 Å². The van der Waals surface area contributed by atoms with Crippen molar-refractivity contribution in [1.82, 2.24) is 5.32 Å². The average Bonchev–Trinajstić information content (AvgIpc) is 2.29. The summed E-state index contributed by atoms with van der Waals surface area (Å²) in [6, 6.07) is 6.07. The van der Waals surface area contributed by atoms with Crippen LogP contribution in [0.5, 0.6) is 0 Å². The maximum absolute atomic E-state index is 11.8. The van der Waals surface area contributed by atoms with E-state index in [1.54, 1.807) is 33.0 Å². The second-order valence-electron chi connectivity index (χ2n) is 4.07. The molecular formula is C12H17NO3S. The molecule has 5 heteroatoms. The Morgan fingerprint density at radius 3 is 2.18 bits per heavy atom. The third kappa shape index (κ3) is 3.14. The Kier molecular flexibility index (Phi) is 4.42. The Bertz CT molecular complexity index is 489. The third-order valence-electron chi connectivity index (χ3n) is 2.46. The zero-order chi connectivity index (χ0) is 13.1. The Morgan fingerprint density at radius 1 is 1.24 bits per heavy atom. The van der Waals surface area contributed by atoms with Crippen molar-refractivity contribution in [1.29, 1.82) is 0 Å². The van der Waals surface area contributed by atoms with Gasteiger partial charge in [-0.1, -0.05) is 12.1 Å². The Hall–Kier alpha value is -1.20. The number of sulfone groups is 1. The molecule has 0 atom stereocenters. The van der Waals surface area contributed by atoms with Gasteiger partial charge in [0.1, 0.15) is 0 Å². The van der Waals surface area contributed by atoms with Gasteiger partial charge in [-0.2, -0.15) is 0 Å². The minimum atomic E-state index is -3.26. The van der Waals surface area contributed by atoms with Crippen LogP contribution in [0.15, 0.2) is 29.2 Å². The highest BCUT2D eigenvalue weighted by Crippen LogP contribution is 2.16. The molecule has 0 spiro atoms. The number of rotatable bonds is 5. The van der Waals surface area contributed by atoms with Crippen LogP contribution in [0.1, 0.15) is 24.2 Å². The molecule has 0 saturated heterocycles.